The van der Waals surface area contributed by atoms with Crippen LogP contribution < -0.4 is 0 Å². The molecule has 0 fully saturated rings. The molecule has 0 bridgehead atoms. The second-order valence-corrected chi connectivity index (χ2v) is 0.976. The monoisotopic (exact) mass is 144 g/mol. The van der Waals surface area contributed by atoms with Crippen LogP contribution in [0, 0.1) is 0 Å². The normalized spacial score (nSPS) is 8.75. The summed E-state index contributed by atoms with van der Waals surface area (Å²) in [6, 6.07) is 0. The van der Waals surface area contributed by atoms with E-state index in [9.17, 15) is 0 Å². The van der Waals surface area contributed by atoms with E-state index in [1.165, 1.54) is 6.08 Å². The molecule has 0 amide bonds. The molecule has 0 aromatic rings. The van der Waals surface area contributed by atoms with Crippen LogP contribution in [0.3, 0.4) is 0 Å². The Hall–Kier alpha value is 2.70. The molecule has 0 aliphatic carbocycles. The number of hydrogen-bond donors (Lipinski definition) is 1. The molecule has 0 aromatic heterocycles. The van der Waals surface area contributed by atoms with E-state index in [0.29, 0.717) is 0 Å². The van der Waals surface area contributed by atoms with Crippen molar-refractivity contribution in [3.63, 3.8) is 0 Å². The van der Waals surface area contributed by atoms with Crippen molar-refractivity contribution in [3.05, 3.63) is 12.7 Å². The van der Waals surface area contributed by atoms with Gasteiger partial charge in [0.2, 0.25) is 0 Å². The second-order valence-electron chi connectivity index (χ2n) is 0.976. The molecule has 0 rings (SSSR count). The first kappa shape index (κ1) is 22.4. The van der Waals surface area contributed by atoms with Crippen molar-refractivity contribution in [1.29, 1.82) is 0 Å². The molecule has 0 heterocycles. The average molecular weight is 144 g/mol. The fraction of sp³-hybridized carbons (Fsp3) is 0.500. The van der Waals surface area contributed by atoms with Gasteiger partial charge in [-0.25, -0.2) is 0 Å². The summed E-state index contributed by atoms with van der Waals surface area (Å²) in [6.45, 7) is 4.97. The van der Waals surface area contributed by atoms with Crippen LogP contribution in [0.5, 0.6) is 0 Å². The molecular formula is C4H11Na3O. The summed E-state index contributed by atoms with van der Waals surface area (Å²) in [5.74, 6) is 0. The molecule has 0 spiro atoms. The van der Waals surface area contributed by atoms with E-state index in [-0.39, 0.29) is 94.8 Å². The van der Waals surface area contributed by atoms with Gasteiger partial charge in [-0.3, -0.25) is 0 Å². The van der Waals surface area contributed by atoms with Crippen LogP contribution in [0.4, 0.5) is 0 Å². The predicted molar refractivity (Wildman–Crippen MR) is 43.3 cm³/mol. The molecule has 8 heavy (non-hydrogen) atoms. The first-order chi connectivity index (χ1) is 2.27. The topological polar surface area (TPSA) is 20.2 Å². The van der Waals surface area contributed by atoms with Crippen LogP contribution in [-0.4, -0.2) is 99.9 Å². The van der Waals surface area contributed by atoms with Gasteiger partial charge in [0.1, 0.15) is 0 Å². The Morgan fingerprint density at radius 2 is 1.50 bits per heavy atom. The van der Waals surface area contributed by atoms with Gasteiger partial charge in [-0.05, 0) is 6.92 Å². The van der Waals surface area contributed by atoms with Crippen LogP contribution in [0.2, 0.25) is 0 Å². The van der Waals surface area contributed by atoms with E-state index in [0.717, 1.165) is 0 Å². The SMILES string of the molecule is C=CC(C)O.[NaH].[NaH].[NaH]. The minimum atomic E-state index is -0.352. The zero-order chi connectivity index (χ0) is 4.28. The molecule has 4 heteroatoms. The summed E-state index contributed by atoms with van der Waals surface area (Å²) in [5, 5.41) is 8.24. The van der Waals surface area contributed by atoms with E-state index in [1.807, 2.05) is 0 Å². The quantitative estimate of drug-likeness (QED) is 0.355. The van der Waals surface area contributed by atoms with Crippen molar-refractivity contribution in [2.75, 3.05) is 0 Å². The summed E-state index contributed by atoms with van der Waals surface area (Å²) in [7, 11) is 0. The maximum atomic E-state index is 8.24. The molecule has 0 aromatic carbocycles. The molecular weight excluding hydrogens is 133 g/mol. The van der Waals surface area contributed by atoms with Crippen LogP contribution in [0.15, 0.2) is 12.7 Å². The number of hydrogen-bond acceptors (Lipinski definition) is 1. The van der Waals surface area contributed by atoms with Crippen molar-refractivity contribution in [3.8, 4) is 0 Å². The molecule has 1 nitrogen and oxygen atoms in total. The average Bonchev–Trinajstić information content (AvgIpc) is 1.38. The fourth-order valence-electron chi connectivity index (χ4n) is 0. The summed E-state index contributed by atoms with van der Waals surface area (Å²) in [5.41, 5.74) is 0. The van der Waals surface area contributed by atoms with Gasteiger partial charge in [-0.1, -0.05) is 6.08 Å². The third-order valence-corrected chi connectivity index (χ3v) is 0.341. The Bertz CT molecular complexity index is 38.3. The first-order valence-electron chi connectivity index (χ1n) is 1.58. The molecule has 36 valence electrons. The zero-order valence-corrected chi connectivity index (χ0v) is 3.31. The first-order valence-corrected chi connectivity index (χ1v) is 1.58. The number of rotatable bonds is 1. The van der Waals surface area contributed by atoms with Crippen LogP contribution >= 0.6 is 0 Å². The number of aliphatic hydroxyl groups excluding tert-OH is 1. The van der Waals surface area contributed by atoms with Gasteiger partial charge in [0, 0.05) is 0 Å². The van der Waals surface area contributed by atoms with Gasteiger partial charge in [-0.15, -0.1) is 6.58 Å². The van der Waals surface area contributed by atoms with Gasteiger partial charge in [0.25, 0.3) is 0 Å². The summed E-state index contributed by atoms with van der Waals surface area (Å²) in [4.78, 5) is 0. The van der Waals surface area contributed by atoms with Gasteiger partial charge < -0.3 is 5.11 Å². The van der Waals surface area contributed by atoms with E-state index in [4.69, 9.17) is 5.11 Å². The Kier molecular flexibility index (Phi) is 45.9. The second kappa shape index (κ2) is 16.4. The summed E-state index contributed by atoms with van der Waals surface area (Å²) >= 11 is 0. The molecule has 1 unspecified atom stereocenters. The van der Waals surface area contributed by atoms with Crippen LogP contribution in [0.25, 0.3) is 0 Å². The Balaban J connectivity index is -0.0000000267. The summed E-state index contributed by atoms with van der Waals surface area (Å²) < 4.78 is 0. The van der Waals surface area contributed by atoms with Crippen molar-refractivity contribution in [1.82, 2.24) is 0 Å². The molecule has 0 aliphatic heterocycles. The van der Waals surface area contributed by atoms with Gasteiger partial charge in [0.05, 0.1) is 6.10 Å². The van der Waals surface area contributed by atoms with Gasteiger partial charge in [0.15, 0.2) is 0 Å². The molecule has 1 atom stereocenters. The van der Waals surface area contributed by atoms with Crippen molar-refractivity contribution < 1.29 is 5.11 Å². The standard InChI is InChI=1S/C4H8O.3Na.3H/c1-3-4(2)5;;;;;;/h3-5H,1H2,2H3;;;;;;. The van der Waals surface area contributed by atoms with Crippen LogP contribution in [0.1, 0.15) is 6.92 Å². The molecule has 0 saturated heterocycles. The third-order valence-electron chi connectivity index (χ3n) is 0.341. The zero-order valence-electron chi connectivity index (χ0n) is 3.31. The summed E-state index contributed by atoms with van der Waals surface area (Å²) in [6.07, 6.45) is 1.12. The van der Waals surface area contributed by atoms with E-state index >= 15 is 0 Å². The van der Waals surface area contributed by atoms with Crippen LogP contribution in [-0.2, 0) is 0 Å². The third kappa shape index (κ3) is 23.4. The number of aliphatic hydroxyl groups is 1. The Morgan fingerprint density at radius 3 is 1.50 bits per heavy atom. The Morgan fingerprint density at radius 1 is 1.38 bits per heavy atom. The van der Waals surface area contributed by atoms with Crippen molar-refractivity contribution >= 4 is 88.7 Å². The molecule has 0 saturated carbocycles. The molecule has 0 aliphatic rings. The fourth-order valence-corrected chi connectivity index (χ4v) is 0. The molecule has 0 radical (unpaired) electrons. The maximum absolute atomic E-state index is 8.24. The van der Waals surface area contributed by atoms with Gasteiger partial charge in [-0.2, -0.15) is 0 Å². The van der Waals surface area contributed by atoms with E-state index in [2.05, 4.69) is 6.58 Å². The Labute approximate surface area is 117 Å². The predicted octanol–water partition coefficient (Wildman–Crippen LogP) is -1.39. The molecule has 1 N–H and O–H groups in total. The van der Waals surface area contributed by atoms with Crippen molar-refractivity contribution in [2.24, 2.45) is 0 Å². The van der Waals surface area contributed by atoms with Crippen molar-refractivity contribution in [2.45, 2.75) is 13.0 Å². The van der Waals surface area contributed by atoms with Gasteiger partial charge >= 0.3 is 88.7 Å². The van der Waals surface area contributed by atoms with E-state index in [1.54, 1.807) is 6.92 Å². The minimum absolute atomic E-state index is 0. The van der Waals surface area contributed by atoms with E-state index < -0.39 is 0 Å².